The van der Waals surface area contributed by atoms with Crippen LogP contribution in [-0.4, -0.2) is 60.4 Å². The molecule has 0 saturated carbocycles. The number of hydrogen-bond acceptors (Lipinski definition) is 3. The highest BCUT2D eigenvalue weighted by molar-refractivity contribution is 5.48. The Balaban J connectivity index is 2.56. The molecule has 0 bridgehead atoms. The van der Waals surface area contributed by atoms with Crippen LogP contribution in [0, 0.1) is 5.21 Å². The third kappa shape index (κ3) is 3.44. The highest BCUT2D eigenvalue weighted by Gasteiger charge is 2.35. The van der Waals surface area contributed by atoms with E-state index >= 15 is 0 Å². The highest BCUT2D eigenvalue weighted by Crippen LogP contribution is 2.25. The number of quaternary nitrogens is 2. The van der Waals surface area contributed by atoms with Crippen molar-refractivity contribution in [3.05, 3.63) is 11.3 Å². The van der Waals surface area contributed by atoms with Crippen molar-refractivity contribution in [3.8, 4) is 0 Å². The van der Waals surface area contributed by atoms with Crippen molar-refractivity contribution in [2.45, 2.75) is 19.3 Å². The van der Waals surface area contributed by atoms with Gasteiger partial charge in [-0.05, 0) is 19.3 Å². The molecule has 1 fully saturated rings. The van der Waals surface area contributed by atoms with Crippen LogP contribution in [0.1, 0.15) is 19.3 Å². The first kappa shape index (κ1) is 16.0. The largest absolute Gasteiger partial charge is 0.702 e. The van der Waals surface area contributed by atoms with Crippen LogP contribution in [0.4, 0.5) is 17.6 Å². The van der Waals surface area contributed by atoms with Crippen LogP contribution >= 0.6 is 0 Å². The van der Waals surface area contributed by atoms with Crippen molar-refractivity contribution in [1.29, 1.82) is 0 Å². The Kier molecular flexibility index (Phi) is 4.13. The van der Waals surface area contributed by atoms with Crippen LogP contribution in [-0.2, 0) is 0 Å². The van der Waals surface area contributed by atoms with Crippen molar-refractivity contribution in [1.82, 2.24) is 14.0 Å². The first-order valence-corrected chi connectivity index (χ1v) is 7.64. The van der Waals surface area contributed by atoms with E-state index < -0.39 is 0 Å². The third-order valence-corrected chi connectivity index (χ3v) is 3.83. The summed E-state index contributed by atoms with van der Waals surface area (Å²) in [5, 5.41) is 12.7. The van der Waals surface area contributed by atoms with Gasteiger partial charge in [-0.25, -0.2) is 4.48 Å². The standard InChI is InChI=1S/C15H29N5O/c1-19(2,3)14-12-13(17-10-8-7-9-11-17)16-15(18(14)21)20(4,5)6/h12H,7-11H2,1-6H3/q+2. The summed E-state index contributed by atoms with van der Waals surface area (Å²) in [4.78, 5) is 6.99. The number of nitrogens with zero attached hydrogens (tertiary/aromatic N) is 5. The summed E-state index contributed by atoms with van der Waals surface area (Å²) in [5.41, 5.74) is 0. The highest BCUT2D eigenvalue weighted by atomic mass is 16.5. The van der Waals surface area contributed by atoms with E-state index in [1.165, 1.54) is 19.3 Å². The van der Waals surface area contributed by atoms with Crippen LogP contribution in [0.25, 0.3) is 0 Å². The van der Waals surface area contributed by atoms with Gasteiger partial charge >= 0.3 is 11.8 Å². The molecule has 2 rings (SSSR count). The summed E-state index contributed by atoms with van der Waals surface area (Å²) in [7, 11) is 12.0. The molecule has 1 aromatic rings. The van der Waals surface area contributed by atoms with Crippen molar-refractivity contribution in [3.63, 3.8) is 0 Å². The van der Waals surface area contributed by atoms with Crippen LogP contribution < -0.4 is 18.6 Å². The zero-order valence-corrected chi connectivity index (χ0v) is 14.3. The molecule has 0 N–H and O–H groups in total. The monoisotopic (exact) mass is 295 g/mol. The van der Waals surface area contributed by atoms with Gasteiger partial charge in [0.25, 0.3) is 5.82 Å². The number of aromatic nitrogens is 2. The van der Waals surface area contributed by atoms with E-state index in [0.717, 1.165) is 29.5 Å². The molecular weight excluding hydrogens is 266 g/mol. The zero-order valence-electron chi connectivity index (χ0n) is 14.3. The van der Waals surface area contributed by atoms with Gasteiger partial charge in [-0.3, -0.25) is 4.48 Å². The quantitative estimate of drug-likeness (QED) is 0.476. The molecule has 21 heavy (non-hydrogen) atoms. The van der Waals surface area contributed by atoms with Crippen LogP contribution in [0.3, 0.4) is 0 Å². The van der Waals surface area contributed by atoms with E-state index in [9.17, 15) is 5.21 Å². The molecule has 0 amide bonds. The van der Waals surface area contributed by atoms with E-state index in [1.807, 2.05) is 48.4 Å². The topological polar surface area (TPSA) is 43.1 Å². The first-order valence-electron chi connectivity index (χ1n) is 7.64. The van der Waals surface area contributed by atoms with Crippen molar-refractivity contribution < 1.29 is 4.73 Å². The number of piperidine rings is 1. The van der Waals surface area contributed by atoms with Crippen molar-refractivity contribution >= 4 is 17.6 Å². The van der Waals surface area contributed by atoms with Gasteiger partial charge in [0.05, 0.1) is 42.3 Å². The fourth-order valence-electron chi connectivity index (χ4n) is 2.63. The lowest BCUT2D eigenvalue weighted by molar-refractivity contribution is -0.595. The number of rotatable bonds is 3. The van der Waals surface area contributed by atoms with Gasteiger partial charge in [-0.15, -0.1) is 4.73 Å². The Morgan fingerprint density at radius 1 is 1.00 bits per heavy atom. The summed E-state index contributed by atoms with van der Waals surface area (Å²) in [6.07, 6.45) is 3.69. The molecule has 1 aromatic heterocycles. The molecule has 0 unspecified atom stereocenters. The summed E-state index contributed by atoms with van der Waals surface area (Å²) >= 11 is 0. The molecule has 1 saturated heterocycles. The molecule has 1 aliphatic rings. The van der Waals surface area contributed by atoms with Crippen molar-refractivity contribution in [2.75, 3.05) is 60.3 Å². The van der Waals surface area contributed by atoms with Gasteiger partial charge in [0.2, 0.25) is 0 Å². The van der Waals surface area contributed by atoms with Gasteiger partial charge in [0.1, 0.15) is 6.07 Å². The fourth-order valence-corrected chi connectivity index (χ4v) is 2.63. The predicted octanol–water partition coefficient (Wildman–Crippen LogP) is 1.10. The molecule has 0 aromatic carbocycles. The smallest absolute Gasteiger partial charge is 0.506 e. The molecule has 1 aliphatic heterocycles. The lowest BCUT2D eigenvalue weighted by atomic mass is 10.1. The average molecular weight is 295 g/mol. The third-order valence-electron chi connectivity index (χ3n) is 3.83. The number of hydrogen-bond donors (Lipinski definition) is 0. The molecule has 6 nitrogen and oxygen atoms in total. The lowest BCUT2D eigenvalue weighted by Gasteiger charge is -2.30. The summed E-state index contributed by atoms with van der Waals surface area (Å²) in [5.74, 6) is 2.21. The molecule has 0 spiro atoms. The maximum Gasteiger partial charge on any atom is 0.506 e. The van der Waals surface area contributed by atoms with Gasteiger partial charge in [0, 0.05) is 18.1 Å². The first-order chi connectivity index (χ1) is 9.60. The minimum Gasteiger partial charge on any atom is -0.702 e. The molecular formula is C15H29N5O+2. The SMILES string of the molecule is C[N+](C)(C)c1cc(N2CCCCC2)nc([N+](C)(C)C)[n+]1[O-]. The molecule has 118 valence electrons. The Labute approximate surface area is 128 Å². The van der Waals surface area contributed by atoms with E-state index in [0.29, 0.717) is 14.9 Å². The molecule has 2 heterocycles. The van der Waals surface area contributed by atoms with E-state index in [1.54, 1.807) is 0 Å². The normalized spacial score (nSPS) is 17.1. The maximum absolute atomic E-state index is 12.7. The van der Waals surface area contributed by atoms with Gasteiger partial charge in [0.15, 0.2) is 0 Å². The van der Waals surface area contributed by atoms with E-state index in [4.69, 9.17) is 0 Å². The molecule has 0 aliphatic carbocycles. The van der Waals surface area contributed by atoms with Crippen molar-refractivity contribution in [2.24, 2.45) is 0 Å². The van der Waals surface area contributed by atoms with Crippen LogP contribution in [0.15, 0.2) is 6.07 Å². The van der Waals surface area contributed by atoms with Crippen LogP contribution in [0.2, 0.25) is 0 Å². The van der Waals surface area contributed by atoms with Crippen LogP contribution in [0.5, 0.6) is 0 Å². The maximum atomic E-state index is 12.7. The lowest BCUT2D eigenvalue weighted by Crippen LogP contribution is -2.53. The minimum atomic E-state index is 0.415. The fraction of sp³-hybridized carbons (Fsp3) is 0.733. The number of anilines is 1. The second-order valence-electron chi connectivity index (χ2n) is 7.64. The zero-order chi connectivity index (χ0) is 15.8. The van der Waals surface area contributed by atoms with Gasteiger partial charge < -0.3 is 10.1 Å². The molecule has 6 heteroatoms. The Morgan fingerprint density at radius 2 is 1.57 bits per heavy atom. The summed E-state index contributed by atoms with van der Waals surface area (Å²) < 4.78 is 1.89. The predicted molar refractivity (Wildman–Crippen MR) is 88.4 cm³/mol. The van der Waals surface area contributed by atoms with Gasteiger partial charge in [-0.2, -0.15) is 0 Å². The minimum absolute atomic E-state index is 0.415. The summed E-state index contributed by atoms with van der Waals surface area (Å²) in [6.45, 7) is 2.06. The van der Waals surface area contributed by atoms with E-state index in [2.05, 4.69) is 9.88 Å². The molecule has 0 radical (unpaired) electrons. The Morgan fingerprint density at radius 3 is 2.05 bits per heavy atom. The summed E-state index contributed by atoms with van der Waals surface area (Å²) in [6, 6.07) is 1.96. The average Bonchev–Trinajstić information content (AvgIpc) is 2.37. The second-order valence-corrected chi connectivity index (χ2v) is 7.64. The molecule has 0 atom stereocenters. The Bertz CT molecular complexity index is 475. The Hall–Kier alpha value is -1.40. The second kappa shape index (κ2) is 5.42. The van der Waals surface area contributed by atoms with Gasteiger partial charge in [-0.1, -0.05) is 0 Å². The van der Waals surface area contributed by atoms with E-state index in [-0.39, 0.29) is 0 Å².